The molecule has 0 aliphatic rings. The maximum absolute atomic E-state index is 13.5. The minimum atomic E-state index is -4.74. The highest BCUT2D eigenvalue weighted by Gasteiger charge is 2.44. The molecule has 0 aliphatic carbocycles. The van der Waals surface area contributed by atoms with Crippen LogP contribution in [0.25, 0.3) is 11.1 Å². The van der Waals surface area contributed by atoms with Gasteiger partial charge in [-0.1, -0.05) is 24.3 Å². The van der Waals surface area contributed by atoms with Gasteiger partial charge in [0, 0.05) is 22.9 Å². The van der Waals surface area contributed by atoms with Gasteiger partial charge in [0.1, 0.15) is 16.4 Å². The third-order valence-corrected chi connectivity index (χ3v) is 5.89. The molecular weight excluding hydrogens is 508 g/mol. The Kier molecular flexibility index (Phi) is 7.86. The number of sulfonamides is 1. The first kappa shape index (κ1) is 26.9. The molecule has 0 heterocycles. The largest absolute Gasteiger partial charge is 0.495 e. The van der Waals surface area contributed by atoms with Gasteiger partial charge in [-0.15, -0.1) is 0 Å². The molecule has 0 fully saturated rings. The van der Waals surface area contributed by atoms with Gasteiger partial charge in [0.25, 0.3) is 5.91 Å². The van der Waals surface area contributed by atoms with E-state index in [1.807, 2.05) is 0 Å². The molecule has 0 unspecified atom stereocenters. The van der Waals surface area contributed by atoms with E-state index in [0.717, 1.165) is 12.1 Å². The second kappa shape index (κ2) is 10.5. The third-order valence-electron chi connectivity index (χ3n) is 4.94. The number of ether oxygens (including phenoxy) is 2. The molecule has 13 heteroatoms. The van der Waals surface area contributed by atoms with Crippen LogP contribution in [0.2, 0.25) is 0 Å². The number of nitrogens with two attached hydrogens (primary N) is 1. The molecule has 3 aromatic rings. The van der Waals surface area contributed by atoms with Crippen molar-refractivity contribution >= 4 is 21.6 Å². The van der Waals surface area contributed by atoms with Crippen LogP contribution in [-0.4, -0.2) is 39.1 Å². The monoisotopic (exact) mass is 528 g/mol. The van der Waals surface area contributed by atoms with E-state index in [2.05, 4.69) is 10.1 Å². The average molecular weight is 528 g/mol. The number of hydrogen-bond donors (Lipinski definition) is 3. The van der Waals surface area contributed by atoms with E-state index in [0.29, 0.717) is 0 Å². The maximum Gasteiger partial charge on any atom is 0.461 e. The topological polar surface area (TPSA) is 128 Å². The average Bonchev–Trinajstić information content (AvgIpc) is 2.82. The van der Waals surface area contributed by atoms with Gasteiger partial charge in [-0.3, -0.25) is 4.79 Å². The molecule has 3 aromatic carbocycles. The molecule has 192 valence electrons. The summed E-state index contributed by atoms with van der Waals surface area (Å²) >= 11 is 0. The van der Waals surface area contributed by atoms with Crippen LogP contribution in [0.3, 0.4) is 0 Å². The van der Waals surface area contributed by atoms with Gasteiger partial charge in [0.15, 0.2) is 0 Å². The molecule has 1 amide bonds. The lowest BCUT2D eigenvalue weighted by Crippen LogP contribution is -2.33. The summed E-state index contributed by atoms with van der Waals surface area (Å²) in [6.07, 6.45) is -8.80. The van der Waals surface area contributed by atoms with Gasteiger partial charge in [-0.2, -0.15) is 17.6 Å². The molecule has 4 N–H and O–H groups in total. The summed E-state index contributed by atoms with van der Waals surface area (Å²) in [5.74, 6) is -1.30. The lowest BCUT2D eigenvalue weighted by atomic mass is 9.96. The number of hydrogen-bond acceptors (Lipinski definition) is 6. The molecule has 0 spiro atoms. The van der Waals surface area contributed by atoms with Crippen molar-refractivity contribution in [3.8, 4) is 22.6 Å². The molecule has 0 aliphatic heterocycles. The molecule has 0 aromatic heterocycles. The Morgan fingerprint density at radius 3 is 2.36 bits per heavy atom. The molecule has 0 radical (unpaired) electrons. The van der Waals surface area contributed by atoms with Crippen molar-refractivity contribution in [2.75, 3.05) is 12.4 Å². The number of halogens is 4. The van der Waals surface area contributed by atoms with Crippen molar-refractivity contribution in [2.45, 2.75) is 24.0 Å². The Bertz CT molecular complexity index is 1380. The minimum absolute atomic E-state index is 0.00264. The Labute approximate surface area is 203 Å². The van der Waals surface area contributed by atoms with Crippen LogP contribution in [0.1, 0.15) is 15.9 Å². The first-order valence-corrected chi connectivity index (χ1v) is 11.6. The fourth-order valence-corrected chi connectivity index (χ4v) is 3.96. The number of aliphatic hydroxyl groups excluding tert-OH is 1. The number of carbonyl (C=O) groups excluding carboxylic acids is 1. The van der Waals surface area contributed by atoms with Crippen LogP contribution in [0.4, 0.5) is 23.2 Å². The van der Waals surface area contributed by atoms with E-state index in [1.165, 1.54) is 55.6 Å². The van der Waals surface area contributed by atoms with Crippen molar-refractivity contribution in [3.05, 3.63) is 71.8 Å². The summed E-state index contributed by atoms with van der Waals surface area (Å²) in [5, 5.41) is 17.5. The van der Waals surface area contributed by atoms with Gasteiger partial charge in [0.2, 0.25) is 10.0 Å². The number of carbonyl (C=O) groups is 1. The normalized spacial score (nSPS) is 11.9. The van der Waals surface area contributed by atoms with Gasteiger partial charge < -0.3 is 19.9 Å². The Balaban J connectivity index is 1.92. The molecule has 0 saturated heterocycles. The van der Waals surface area contributed by atoms with Crippen molar-refractivity contribution in [2.24, 2.45) is 5.14 Å². The van der Waals surface area contributed by atoms with Gasteiger partial charge in [-0.25, -0.2) is 13.6 Å². The van der Waals surface area contributed by atoms with Crippen LogP contribution in [-0.2, 0) is 16.6 Å². The number of amides is 1. The van der Waals surface area contributed by atoms with E-state index in [4.69, 9.17) is 9.88 Å². The molecule has 0 saturated carbocycles. The van der Waals surface area contributed by atoms with Gasteiger partial charge in [-0.05, 0) is 41.5 Å². The summed E-state index contributed by atoms with van der Waals surface area (Å²) in [7, 11) is -2.84. The van der Waals surface area contributed by atoms with Gasteiger partial charge >= 0.3 is 12.5 Å². The van der Waals surface area contributed by atoms with Crippen molar-refractivity contribution < 1.29 is 45.4 Å². The molecular formula is C23H20F4N2O6S. The van der Waals surface area contributed by atoms with Crippen molar-refractivity contribution in [1.29, 1.82) is 0 Å². The number of aliphatic hydroxyl groups is 1. The maximum atomic E-state index is 13.5. The zero-order valence-electron chi connectivity index (χ0n) is 18.5. The third kappa shape index (κ3) is 5.93. The number of anilines is 1. The lowest BCUT2D eigenvalue weighted by Gasteiger charge is -2.20. The van der Waals surface area contributed by atoms with E-state index in [1.54, 1.807) is 0 Å². The summed E-state index contributed by atoms with van der Waals surface area (Å²) in [4.78, 5) is 12.5. The Hall–Kier alpha value is -3.68. The number of rotatable bonds is 9. The quantitative estimate of drug-likeness (QED) is 0.361. The predicted molar refractivity (Wildman–Crippen MR) is 122 cm³/mol. The second-order valence-corrected chi connectivity index (χ2v) is 8.89. The zero-order valence-corrected chi connectivity index (χ0v) is 19.4. The number of primary sulfonamides is 1. The number of alkyl halides is 4. The standard InChI is InChI=1S/C23H20F4N2O6S/c1-34-19-11-15(7-9-20(19)36(28,32)33)29-21(31)13-6-8-16(14(10-13)12-30)17-4-2-3-5-18(17)35-23(26,27)22(24)25/h2-11,22,30H,12H2,1H3,(H,29,31)(H2,28,32,33). The van der Waals surface area contributed by atoms with Crippen LogP contribution in [0, 0.1) is 0 Å². The van der Waals surface area contributed by atoms with Crippen LogP contribution in [0.5, 0.6) is 11.5 Å². The first-order chi connectivity index (χ1) is 16.9. The fourth-order valence-electron chi connectivity index (χ4n) is 3.28. The minimum Gasteiger partial charge on any atom is -0.495 e. The highest BCUT2D eigenvalue weighted by atomic mass is 32.2. The van der Waals surface area contributed by atoms with Crippen LogP contribution in [0.15, 0.2) is 65.6 Å². The predicted octanol–water partition coefficient (Wildman–Crippen LogP) is 3.99. The smallest absolute Gasteiger partial charge is 0.461 e. The van der Waals surface area contributed by atoms with Crippen molar-refractivity contribution in [1.82, 2.24) is 0 Å². The van der Waals surface area contributed by atoms with E-state index in [9.17, 15) is 35.9 Å². The SMILES string of the molecule is COc1cc(NC(=O)c2ccc(-c3ccccc3OC(F)(F)C(F)F)c(CO)c2)ccc1S(N)(=O)=O. The highest BCUT2D eigenvalue weighted by Crippen LogP contribution is 2.37. The van der Waals surface area contributed by atoms with E-state index in [-0.39, 0.29) is 38.6 Å². The molecule has 0 atom stereocenters. The Morgan fingerprint density at radius 1 is 1.06 bits per heavy atom. The van der Waals surface area contributed by atoms with Crippen LogP contribution >= 0.6 is 0 Å². The highest BCUT2D eigenvalue weighted by molar-refractivity contribution is 7.89. The van der Waals surface area contributed by atoms with E-state index >= 15 is 0 Å². The van der Waals surface area contributed by atoms with E-state index < -0.39 is 40.8 Å². The molecule has 0 bridgehead atoms. The second-order valence-electron chi connectivity index (χ2n) is 7.36. The number of para-hydroxylation sites is 1. The molecule has 8 nitrogen and oxygen atoms in total. The number of benzene rings is 3. The number of nitrogens with one attached hydrogen (secondary N) is 1. The summed E-state index contributed by atoms with van der Waals surface area (Å²) < 4.78 is 84.8. The first-order valence-electron chi connectivity index (χ1n) is 10.1. The molecule has 36 heavy (non-hydrogen) atoms. The lowest BCUT2D eigenvalue weighted by molar-refractivity contribution is -0.253. The van der Waals surface area contributed by atoms with Crippen LogP contribution < -0.4 is 19.9 Å². The van der Waals surface area contributed by atoms with Gasteiger partial charge in [0.05, 0.1) is 13.7 Å². The summed E-state index contributed by atoms with van der Waals surface area (Å²) in [5.41, 5.74) is 0.521. The Morgan fingerprint density at radius 2 is 1.75 bits per heavy atom. The summed E-state index contributed by atoms with van der Waals surface area (Å²) in [6, 6.07) is 12.8. The molecule has 3 rings (SSSR count). The fraction of sp³-hybridized carbons (Fsp3) is 0.174. The summed E-state index contributed by atoms with van der Waals surface area (Å²) in [6.45, 7) is -0.618. The zero-order chi connectivity index (χ0) is 26.7. The number of methoxy groups -OCH3 is 1. The van der Waals surface area contributed by atoms with Crippen molar-refractivity contribution in [3.63, 3.8) is 0 Å².